The summed E-state index contributed by atoms with van der Waals surface area (Å²) in [6, 6.07) is 11.7. The van der Waals surface area contributed by atoms with Gasteiger partial charge in [-0.3, -0.25) is 0 Å². The molecule has 0 bridgehead atoms. The molecule has 0 saturated heterocycles. The molecule has 0 unspecified atom stereocenters. The van der Waals surface area contributed by atoms with Crippen molar-refractivity contribution in [3.63, 3.8) is 0 Å². The SMILES string of the molecule is N#Cc1nnc(-c2ccccc2)s1. The highest BCUT2D eigenvalue weighted by atomic mass is 32.1. The largest absolute Gasteiger partial charge is 0.218 e. The molecule has 0 N–H and O–H groups in total. The van der Waals surface area contributed by atoms with Gasteiger partial charge in [-0.05, 0) is 0 Å². The van der Waals surface area contributed by atoms with Gasteiger partial charge in [0.25, 0.3) is 0 Å². The third-order valence-electron chi connectivity index (χ3n) is 1.54. The Bertz CT molecular complexity index is 441. The number of hydrogen-bond donors (Lipinski definition) is 0. The number of nitrogens with zero attached hydrogens (tertiary/aromatic N) is 3. The quantitative estimate of drug-likeness (QED) is 0.686. The number of rotatable bonds is 1. The lowest BCUT2D eigenvalue weighted by Gasteiger charge is -1.90. The summed E-state index contributed by atoms with van der Waals surface area (Å²) >= 11 is 1.30. The zero-order valence-electron chi connectivity index (χ0n) is 6.64. The van der Waals surface area contributed by atoms with E-state index in [0.29, 0.717) is 5.01 Å². The molecule has 1 aromatic heterocycles. The Morgan fingerprint density at radius 3 is 2.54 bits per heavy atom. The fourth-order valence-corrected chi connectivity index (χ4v) is 1.61. The lowest BCUT2D eigenvalue weighted by molar-refractivity contribution is 1.08. The van der Waals surface area contributed by atoms with Crippen LogP contribution in [0, 0.1) is 11.3 Å². The van der Waals surface area contributed by atoms with Crippen molar-refractivity contribution in [3.8, 4) is 16.6 Å². The molecule has 0 aliphatic rings. The van der Waals surface area contributed by atoms with Gasteiger partial charge in [0.1, 0.15) is 11.1 Å². The summed E-state index contributed by atoms with van der Waals surface area (Å²) in [6.07, 6.45) is 0. The molecule has 1 aromatic carbocycles. The van der Waals surface area contributed by atoms with E-state index in [1.165, 1.54) is 11.3 Å². The Morgan fingerprint density at radius 2 is 1.92 bits per heavy atom. The summed E-state index contributed by atoms with van der Waals surface area (Å²) in [5.74, 6) is 0. The maximum atomic E-state index is 8.56. The molecule has 13 heavy (non-hydrogen) atoms. The van der Waals surface area contributed by atoms with Crippen LogP contribution in [0.15, 0.2) is 30.3 Å². The van der Waals surface area contributed by atoms with Gasteiger partial charge in [0.2, 0.25) is 5.01 Å². The van der Waals surface area contributed by atoms with Crippen LogP contribution in [0.2, 0.25) is 0 Å². The van der Waals surface area contributed by atoms with E-state index in [2.05, 4.69) is 10.2 Å². The Kier molecular flexibility index (Phi) is 2.02. The summed E-state index contributed by atoms with van der Waals surface area (Å²) < 4.78 is 0. The predicted octanol–water partition coefficient (Wildman–Crippen LogP) is 2.08. The first-order valence-corrected chi connectivity index (χ1v) is 4.51. The van der Waals surface area contributed by atoms with Crippen molar-refractivity contribution >= 4 is 11.3 Å². The normalized spacial score (nSPS) is 9.46. The van der Waals surface area contributed by atoms with Crippen molar-refractivity contribution in [1.82, 2.24) is 10.2 Å². The highest BCUT2D eigenvalue weighted by Gasteiger charge is 2.03. The van der Waals surface area contributed by atoms with Crippen molar-refractivity contribution in [2.75, 3.05) is 0 Å². The second-order valence-corrected chi connectivity index (χ2v) is 3.37. The average Bonchev–Trinajstić information content (AvgIpc) is 2.67. The van der Waals surface area contributed by atoms with Gasteiger partial charge in [-0.15, -0.1) is 10.2 Å². The number of aromatic nitrogens is 2. The van der Waals surface area contributed by atoms with E-state index >= 15 is 0 Å². The van der Waals surface area contributed by atoms with Gasteiger partial charge < -0.3 is 0 Å². The summed E-state index contributed by atoms with van der Waals surface area (Å²) in [5.41, 5.74) is 1.00. The highest BCUT2D eigenvalue weighted by molar-refractivity contribution is 7.15. The van der Waals surface area contributed by atoms with Crippen LogP contribution in [0.25, 0.3) is 10.6 Å². The molecule has 0 radical (unpaired) electrons. The third kappa shape index (κ3) is 1.55. The molecule has 0 saturated carbocycles. The van der Waals surface area contributed by atoms with Gasteiger partial charge >= 0.3 is 0 Å². The van der Waals surface area contributed by atoms with Gasteiger partial charge in [-0.1, -0.05) is 41.7 Å². The van der Waals surface area contributed by atoms with E-state index in [1.807, 2.05) is 36.4 Å². The molecule has 3 nitrogen and oxygen atoms in total. The minimum Gasteiger partial charge on any atom is -0.190 e. The van der Waals surface area contributed by atoms with E-state index in [0.717, 1.165) is 10.6 Å². The molecule has 0 amide bonds. The van der Waals surface area contributed by atoms with Crippen molar-refractivity contribution in [3.05, 3.63) is 35.3 Å². The van der Waals surface area contributed by atoms with Crippen molar-refractivity contribution in [2.24, 2.45) is 0 Å². The van der Waals surface area contributed by atoms with Crippen LogP contribution in [-0.4, -0.2) is 10.2 Å². The fraction of sp³-hybridized carbons (Fsp3) is 0. The first kappa shape index (κ1) is 7.90. The Balaban J connectivity index is 2.43. The molecular formula is C9H5N3S. The monoisotopic (exact) mass is 187 g/mol. The van der Waals surface area contributed by atoms with Gasteiger partial charge in [0.15, 0.2) is 0 Å². The standard InChI is InChI=1S/C9H5N3S/c10-6-8-11-12-9(13-8)7-4-2-1-3-5-7/h1-5H. The van der Waals surface area contributed by atoms with Gasteiger partial charge in [0.05, 0.1) is 0 Å². The van der Waals surface area contributed by atoms with Gasteiger partial charge in [-0.2, -0.15) is 5.26 Å². The highest BCUT2D eigenvalue weighted by Crippen LogP contribution is 2.21. The number of benzene rings is 1. The maximum Gasteiger partial charge on any atom is 0.218 e. The van der Waals surface area contributed by atoms with E-state index in [4.69, 9.17) is 5.26 Å². The molecule has 2 rings (SSSR count). The van der Waals surface area contributed by atoms with Crippen molar-refractivity contribution in [1.29, 1.82) is 5.26 Å². The molecule has 0 atom stereocenters. The summed E-state index contributed by atoms with van der Waals surface area (Å²) in [5, 5.41) is 17.4. The van der Waals surface area contributed by atoms with Crippen LogP contribution in [0.5, 0.6) is 0 Å². The zero-order chi connectivity index (χ0) is 9.10. The molecular weight excluding hydrogens is 182 g/mol. The second kappa shape index (κ2) is 3.33. The van der Waals surface area contributed by atoms with Crippen molar-refractivity contribution in [2.45, 2.75) is 0 Å². The average molecular weight is 187 g/mol. The molecule has 1 heterocycles. The van der Waals surface area contributed by atoms with E-state index < -0.39 is 0 Å². The van der Waals surface area contributed by atoms with Crippen LogP contribution in [0.3, 0.4) is 0 Å². The maximum absolute atomic E-state index is 8.56. The third-order valence-corrected chi connectivity index (χ3v) is 2.42. The van der Waals surface area contributed by atoms with Crippen LogP contribution >= 0.6 is 11.3 Å². The van der Waals surface area contributed by atoms with Crippen LogP contribution in [0.1, 0.15) is 5.01 Å². The Hall–Kier alpha value is -1.73. The molecule has 2 aromatic rings. The molecule has 0 aliphatic carbocycles. The number of hydrogen-bond acceptors (Lipinski definition) is 4. The Morgan fingerprint density at radius 1 is 1.15 bits per heavy atom. The topological polar surface area (TPSA) is 49.6 Å². The molecule has 0 spiro atoms. The minimum absolute atomic E-state index is 0.402. The first-order chi connectivity index (χ1) is 6.40. The van der Waals surface area contributed by atoms with Crippen LogP contribution in [-0.2, 0) is 0 Å². The van der Waals surface area contributed by atoms with Crippen LogP contribution in [0.4, 0.5) is 0 Å². The van der Waals surface area contributed by atoms with E-state index in [9.17, 15) is 0 Å². The van der Waals surface area contributed by atoms with Gasteiger partial charge in [0, 0.05) is 5.56 Å². The Labute approximate surface area is 79.3 Å². The lowest BCUT2D eigenvalue weighted by Crippen LogP contribution is -1.74. The summed E-state index contributed by atoms with van der Waals surface area (Å²) in [7, 11) is 0. The summed E-state index contributed by atoms with van der Waals surface area (Å²) in [4.78, 5) is 0. The molecule has 62 valence electrons. The lowest BCUT2D eigenvalue weighted by atomic mass is 10.2. The minimum atomic E-state index is 0.402. The van der Waals surface area contributed by atoms with Crippen molar-refractivity contribution < 1.29 is 0 Å². The predicted molar refractivity (Wildman–Crippen MR) is 50.1 cm³/mol. The van der Waals surface area contributed by atoms with E-state index in [-0.39, 0.29) is 0 Å². The number of nitriles is 1. The molecule has 0 fully saturated rings. The smallest absolute Gasteiger partial charge is 0.190 e. The first-order valence-electron chi connectivity index (χ1n) is 3.69. The molecule has 4 heteroatoms. The molecule has 0 aliphatic heterocycles. The van der Waals surface area contributed by atoms with E-state index in [1.54, 1.807) is 0 Å². The fourth-order valence-electron chi connectivity index (χ4n) is 0.966. The van der Waals surface area contributed by atoms with Gasteiger partial charge in [-0.25, -0.2) is 0 Å². The second-order valence-electron chi connectivity index (χ2n) is 2.39. The zero-order valence-corrected chi connectivity index (χ0v) is 7.45. The summed E-state index contributed by atoms with van der Waals surface area (Å²) in [6.45, 7) is 0. The van der Waals surface area contributed by atoms with Crippen LogP contribution < -0.4 is 0 Å².